The first-order valence-corrected chi connectivity index (χ1v) is 10.5. The third-order valence-corrected chi connectivity index (χ3v) is 5.40. The molecule has 11 heteroatoms. The number of benzene rings is 1. The molecule has 1 saturated heterocycles. The Morgan fingerprint density at radius 3 is 2.81 bits per heavy atom. The Kier molecular flexibility index (Phi) is 10.2. The van der Waals surface area contributed by atoms with Gasteiger partial charge in [0.05, 0.1) is 23.8 Å². The summed E-state index contributed by atoms with van der Waals surface area (Å²) < 4.78 is 7.68. The van der Waals surface area contributed by atoms with Gasteiger partial charge in [0.25, 0.3) is 5.69 Å². The van der Waals surface area contributed by atoms with Crippen LogP contribution >= 0.6 is 24.0 Å². The first-order valence-electron chi connectivity index (χ1n) is 10.5. The SMILES string of the molecule is CCNC(=NCC(O)COc1ccc([N+](=O)[O-])cc1)N1CCC(C)C(n2ccnc2)C1.I. The lowest BCUT2D eigenvalue weighted by Crippen LogP contribution is -2.49. The molecule has 3 rings (SSSR count). The monoisotopic (exact) mass is 558 g/mol. The fourth-order valence-electron chi connectivity index (χ4n) is 3.62. The van der Waals surface area contributed by atoms with Crippen LogP contribution in [0.2, 0.25) is 0 Å². The number of hydrogen-bond donors (Lipinski definition) is 2. The van der Waals surface area contributed by atoms with E-state index in [4.69, 9.17) is 4.74 Å². The molecular weight excluding hydrogens is 527 g/mol. The molecule has 0 spiro atoms. The second kappa shape index (κ2) is 12.6. The molecular formula is C21H31IN6O4. The molecule has 0 bridgehead atoms. The molecule has 0 radical (unpaired) electrons. The van der Waals surface area contributed by atoms with E-state index in [-0.39, 0.29) is 42.8 Å². The smallest absolute Gasteiger partial charge is 0.269 e. The standard InChI is InChI=1S/C21H30N6O4.HI/c1-3-23-21(25-10-8-16(2)20(13-25)26-11-9-22-15-26)24-12-18(28)14-31-19-6-4-17(5-7-19)27(29)30;/h4-7,9,11,15-16,18,20,28H,3,8,10,12-14H2,1-2H3,(H,23,24);1H. The van der Waals surface area contributed by atoms with Gasteiger partial charge in [0, 0.05) is 44.2 Å². The van der Waals surface area contributed by atoms with Crippen LogP contribution in [0.5, 0.6) is 5.75 Å². The number of aliphatic hydroxyl groups excluding tert-OH is 1. The van der Waals surface area contributed by atoms with Crippen molar-refractivity contribution in [1.82, 2.24) is 19.8 Å². The second-order valence-electron chi connectivity index (χ2n) is 7.70. The van der Waals surface area contributed by atoms with Gasteiger partial charge in [-0.05, 0) is 31.4 Å². The lowest BCUT2D eigenvalue weighted by atomic mass is 9.93. The number of halogens is 1. The normalized spacial score (nSPS) is 19.7. The van der Waals surface area contributed by atoms with E-state index in [1.807, 2.05) is 19.4 Å². The summed E-state index contributed by atoms with van der Waals surface area (Å²) in [6, 6.07) is 6.09. The van der Waals surface area contributed by atoms with Crippen molar-refractivity contribution in [2.75, 3.05) is 32.8 Å². The lowest BCUT2D eigenvalue weighted by Gasteiger charge is -2.39. The van der Waals surface area contributed by atoms with Gasteiger partial charge in [-0.1, -0.05) is 6.92 Å². The Hall–Kier alpha value is -2.41. The molecule has 2 aromatic rings. The summed E-state index contributed by atoms with van der Waals surface area (Å²) in [6.07, 6.45) is 5.89. The number of nitrogens with one attached hydrogen (secondary N) is 1. The van der Waals surface area contributed by atoms with Crippen molar-refractivity contribution in [3.8, 4) is 5.75 Å². The molecule has 2 heterocycles. The first-order chi connectivity index (χ1) is 15.0. The maximum atomic E-state index is 10.7. The minimum Gasteiger partial charge on any atom is -0.491 e. The van der Waals surface area contributed by atoms with Gasteiger partial charge in [0.1, 0.15) is 18.5 Å². The molecule has 0 aliphatic carbocycles. The highest BCUT2D eigenvalue weighted by molar-refractivity contribution is 14.0. The van der Waals surface area contributed by atoms with Crippen LogP contribution in [0.15, 0.2) is 48.0 Å². The number of hydrogen-bond acceptors (Lipinski definition) is 6. The molecule has 0 saturated carbocycles. The predicted molar refractivity (Wildman–Crippen MR) is 133 cm³/mol. The van der Waals surface area contributed by atoms with Gasteiger partial charge in [-0.2, -0.15) is 0 Å². The Morgan fingerprint density at radius 1 is 1.44 bits per heavy atom. The highest BCUT2D eigenvalue weighted by Gasteiger charge is 2.29. The fraction of sp³-hybridized carbons (Fsp3) is 0.524. The van der Waals surface area contributed by atoms with Gasteiger partial charge in [0.15, 0.2) is 5.96 Å². The Labute approximate surface area is 204 Å². The second-order valence-corrected chi connectivity index (χ2v) is 7.70. The number of piperidine rings is 1. The summed E-state index contributed by atoms with van der Waals surface area (Å²) in [7, 11) is 0. The van der Waals surface area contributed by atoms with Gasteiger partial charge in [0.2, 0.25) is 0 Å². The third-order valence-electron chi connectivity index (χ3n) is 5.40. The molecule has 10 nitrogen and oxygen atoms in total. The zero-order valence-electron chi connectivity index (χ0n) is 18.3. The van der Waals surface area contributed by atoms with Gasteiger partial charge >= 0.3 is 0 Å². The van der Waals surface area contributed by atoms with Gasteiger partial charge in [-0.3, -0.25) is 15.1 Å². The number of imidazole rings is 1. The summed E-state index contributed by atoms with van der Waals surface area (Å²) in [5.74, 6) is 1.77. The van der Waals surface area contributed by atoms with Crippen LogP contribution in [0.25, 0.3) is 0 Å². The molecule has 1 aromatic carbocycles. The number of aliphatic imine (C=N–C) groups is 1. The average Bonchev–Trinajstić information content (AvgIpc) is 3.30. The number of guanidine groups is 1. The molecule has 0 amide bonds. The molecule has 1 aromatic heterocycles. The maximum absolute atomic E-state index is 10.7. The summed E-state index contributed by atoms with van der Waals surface area (Å²) in [4.78, 5) is 21.3. The molecule has 32 heavy (non-hydrogen) atoms. The quantitative estimate of drug-likeness (QED) is 0.168. The number of nitro benzene ring substituents is 1. The topological polar surface area (TPSA) is 118 Å². The average molecular weight is 558 g/mol. The van der Waals surface area contributed by atoms with Crippen molar-refractivity contribution in [3.05, 3.63) is 53.1 Å². The maximum Gasteiger partial charge on any atom is 0.269 e. The van der Waals surface area contributed by atoms with Crippen LogP contribution in [0.1, 0.15) is 26.3 Å². The number of nitrogens with zero attached hydrogens (tertiary/aromatic N) is 5. The number of aliphatic hydroxyl groups is 1. The highest BCUT2D eigenvalue weighted by Crippen LogP contribution is 2.27. The summed E-state index contributed by atoms with van der Waals surface area (Å²) >= 11 is 0. The third kappa shape index (κ3) is 7.05. The van der Waals surface area contributed by atoms with E-state index in [9.17, 15) is 15.2 Å². The van der Waals surface area contributed by atoms with Gasteiger partial charge in [-0.15, -0.1) is 24.0 Å². The van der Waals surface area contributed by atoms with Gasteiger partial charge in [-0.25, -0.2) is 4.98 Å². The van der Waals surface area contributed by atoms with Crippen LogP contribution in [-0.4, -0.2) is 69.3 Å². The van der Waals surface area contributed by atoms with E-state index < -0.39 is 11.0 Å². The summed E-state index contributed by atoms with van der Waals surface area (Å²) in [6.45, 7) is 6.96. The number of nitro groups is 1. The Bertz CT molecular complexity index is 862. The summed E-state index contributed by atoms with van der Waals surface area (Å²) in [5.41, 5.74) is -0.00220. The van der Waals surface area contributed by atoms with Crippen molar-refractivity contribution in [1.29, 1.82) is 0 Å². The molecule has 2 N–H and O–H groups in total. The number of likely N-dealkylation sites (tertiary alicyclic amines) is 1. The molecule has 176 valence electrons. The molecule has 1 aliphatic heterocycles. The van der Waals surface area contributed by atoms with Crippen LogP contribution in [0, 0.1) is 16.0 Å². The Morgan fingerprint density at radius 2 is 2.19 bits per heavy atom. The summed E-state index contributed by atoms with van der Waals surface area (Å²) in [5, 5.41) is 24.3. The fourth-order valence-corrected chi connectivity index (χ4v) is 3.62. The van der Waals surface area contributed by atoms with Crippen LogP contribution in [0.4, 0.5) is 5.69 Å². The zero-order valence-corrected chi connectivity index (χ0v) is 20.7. The van der Waals surface area contributed by atoms with E-state index in [0.717, 1.165) is 32.0 Å². The number of ether oxygens (including phenoxy) is 1. The van der Waals surface area contributed by atoms with Crippen LogP contribution in [-0.2, 0) is 0 Å². The highest BCUT2D eigenvalue weighted by atomic mass is 127. The minimum absolute atomic E-state index is 0. The van der Waals surface area contributed by atoms with E-state index in [2.05, 4.69) is 31.7 Å². The van der Waals surface area contributed by atoms with Crippen molar-refractivity contribution in [2.24, 2.45) is 10.9 Å². The molecule has 3 atom stereocenters. The van der Waals surface area contributed by atoms with Crippen molar-refractivity contribution >= 4 is 35.6 Å². The largest absolute Gasteiger partial charge is 0.491 e. The van der Waals surface area contributed by atoms with Crippen LogP contribution in [0.3, 0.4) is 0 Å². The van der Waals surface area contributed by atoms with Crippen molar-refractivity contribution in [2.45, 2.75) is 32.4 Å². The number of non-ortho nitro benzene ring substituents is 1. The zero-order chi connectivity index (χ0) is 22.2. The van der Waals surface area contributed by atoms with E-state index in [1.54, 1.807) is 6.20 Å². The predicted octanol–water partition coefficient (Wildman–Crippen LogP) is 2.70. The number of aromatic nitrogens is 2. The van der Waals surface area contributed by atoms with Crippen molar-refractivity contribution < 1.29 is 14.8 Å². The molecule has 1 fully saturated rings. The Balaban J connectivity index is 0.00000363. The van der Waals surface area contributed by atoms with E-state index >= 15 is 0 Å². The molecule has 3 unspecified atom stereocenters. The molecule has 1 aliphatic rings. The van der Waals surface area contributed by atoms with Crippen LogP contribution < -0.4 is 10.1 Å². The van der Waals surface area contributed by atoms with Gasteiger partial charge < -0.3 is 24.6 Å². The number of rotatable bonds is 8. The van der Waals surface area contributed by atoms with Crippen molar-refractivity contribution in [3.63, 3.8) is 0 Å². The lowest BCUT2D eigenvalue weighted by molar-refractivity contribution is -0.384. The first kappa shape index (κ1) is 25.8. The minimum atomic E-state index is -0.794. The van der Waals surface area contributed by atoms with E-state index in [1.165, 1.54) is 24.3 Å². The van der Waals surface area contributed by atoms with E-state index in [0.29, 0.717) is 17.7 Å².